The predicted octanol–water partition coefficient (Wildman–Crippen LogP) is 1.82. The Morgan fingerprint density at radius 1 is 1.50 bits per heavy atom. The zero-order valence-corrected chi connectivity index (χ0v) is 12.7. The monoisotopic (exact) mass is 279 g/mol. The molecule has 5 nitrogen and oxygen atoms in total. The molecule has 1 N–H and O–H groups in total. The number of hydrogen-bond acceptors (Lipinski definition) is 4. The summed E-state index contributed by atoms with van der Waals surface area (Å²) in [5.74, 6) is 0.941. The smallest absolute Gasteiger partial charge is 0.220 e. The number of aromatic nitrogens is 1. The molecule has 112 valence electrons. The molecule has 1 aliphatic rings. The molecule has 2 heterocycles. The molecule has 0 saturated carbocycles. The van der Waals surface area contributed by atoms with E-state index in [4.69, 9.17) is 4.52 Å². The van der Waals surface area contributed by atoms with E-state index in [0.717, 1.165) is 36.7 Å². The van der Waals surface area contributed by atoms with Gasteiger partial charge >= 0.3 is 0 Å². The summed E-state index contributed by atoms with van der Waals surface area (Å²) in [6.07, 6.45) is 3.64. The summed E-state index contributed by atoms with van der Waals surface area (Å²) in [6.45, 7) is 8.99. The second kappa shape index (κ2) is 6.88. The Balaban J connectivity index is 1.73. The van der Waals surface area contributed by atoms with Crippen molar-refractivity contribution >= 4 is 5.91 Å². The number of nitrogens with one attached hydrogen (secondary N) is 1. The van der Waals surface area contributed by atoms with E-state index >= 15 is 0 Å². The molecule has 0 spiro atoms. The van der Waals surface area contributed by atoms with Crippen molar-refractivity contribution < 1.29 is 9.32 Å². The lowest BCUT2D eigenvalue weighted by atomic mass is 10.1. The minimum absolute atomic E-state index is 0.118. The number of carbonyl (C=O) groups excluding carboxylic acids is 1. The van der Waals surface area contributed by atoms with Crippen LogP contribution in [0.4, 0.5) is 0 Å². The van der Waals surface area contributed by atoms with Crippen LogP contribution in [0.1, 0.15) is 43.2 Å². The van der Waals surface area contributed by atoms with Gasteiger partial charge in [-0.2, -0.15) is 0 Å². The van der Waals surface area contributed by atoms with Crippen LogP contribution in [0.15, 0.2) is 4.52 Å². The maximum absolute atomic E-state index is 11.9. The highest BCUT2D eigenvalue weighted by atomic mass is 16.5. The molecular formula is C15H25N3O2. The Morgan fingerprint density at radius 2 is 2.30 bits per heavy atom. The van der Waals surface area contributed by atoms with Gasteiger partial charge in [0.2, 0.25) is 5.91 Å². The standard InChI is InChI=1S/C15H25N3O2/c1-4-18-9-5-6-13(18)10-16-15(19)8-7-14-11(2)17-20-12(14)3/h13H,4-10H2,1-3H3,(H,16,19)/t13-/m1/s1. The number of nitrogens with zero attached hydrogens (tertiary/aromatic N) is 2. The zero-order valence-electron chi connectivity index (χ0n) is 12.7. The van der Waals surface area contributed by atoms with Crippen molar-refractivity contribution in [1.82, 2.24) is 15.4 Å². The molecule has 20 heavy (non-hydrogen) atoms. The largest absolute Gasteiger partial charge is 0.361 e. The summed E-state index contributed by atoms with van der Waals surface area (Å²) in [5.41, 5.74) is 1.96. The Kier molecular flexibility index (Phi) is 5.17. The summed E-state index contributed by atoms with van der Waals surface area (Å²) >= 11 is 0. The fourth-order valence-electron chi connectivity index (χ4n) is 2.96. The van der Waals surface area contributed by atoms with Crippen molar-refractivity contribution in [1.29, 1.82) is 0 Å². The normalized spacial score (nSPS) is 19.4. The average molecular weight is 279 g/mol. The summed E-state index contributed by atoms with van der Waals surface area (Å²) < 4.78 is 5.11. The van der Waals surface area contributed by atoms with E-state index in [2.05, 4.69) is 22.3 Å². The number of aryl methyl sites for hydroxylation is 2. The van der Waals surface area contributed by atoms with Gasteiger partial charge in [0, 0.05) is 24.6 Å². The molecule has 1 aromatic heterocycles. The molecule has 0 unspecified atom stereocenters. The Hall–Kier alpha value is -1.36. The van der Waals surface area contributed by atoms with E-state index in [9.17, 15) is 4.79 Å². The first-order valence-corrected chi connectivity index (χ1v) is 7.54. The molecule has 1 amide bonds. The fourth-order valence-corrected chi connectivity index (χ4v) is 2.96. The van der Waals surface area contributed by atoms with Crippen molar-refractivity contribution in [2.45, 2.75) is 52.5 Å². The van der Waals surface area contributed by atoms with Crippen molar-refractivity contribution in [2.24, 2.45) is 0 Å². The number of carbonyl (C=O) groups is 1. The highest BCUT2D eigenvalue weighted by Gasteiger charge is 2.23. The van der Waals surface area contributed by atoms with Crippen LogP contribution in [0.5, 0.6) is 0 Å². The third kappa shape index (κ3) is 3.60. The molecule has 1 saturated heterocycles. The molecule has 0 radical (unpaired) electrons. The first-order chi connectivity index (χ1) is 9.61. The van der Waals surface area contributed by atoms with E-state index in [1.165, 1.54) is 12.8 Å². The lowest BCUT2D eigenvalue weighted by molar-refractivity contribution is -0.121. The van der Waals surface area contributed by atoms with Crippen LogP contribution in [0.3, 0.4) is 0 Å². The number of likely N-dealkylation sites (tertiary alicyclic amines) is 1. The third-order valence-electron chi connectivity index (χ3n) is 4.22. The average Bonchev–Trinajstić information content (AvgIpc) is 3.01. The van der Waals surface area contributed by atoms with Crippen molar-refractivity contribution in [3.63, 3.8) is 0 Å². The number of amides is 1. The second-order valence-electron chi connectivity index (χ2n) is 5.53. The van der Waals surface area contributed by atoms with Crippen molar-refractivity contribution in [2.75, 3.05) is 19.6 Å². The fraction of sp³-hybridized carbons (Fsp3) is 0.733. The Labute approximate surface area is 120 Å². The number of hydrogen-bond donors (Lipinski definition) is 1. The Morgan fingerprint density at radius 3 is 2.95 bits per heavy atom. The van der Waals surface area contributed by atoms with Crippen LogP contribution in [-0.4, -0.2) is 41.6 Å². The second-order valence-corrected chi connectivity index (χ2v) is 5.53. The zero-order chi connectivity index (χ0) is 14.5. The van der Waals surface area contributed by atoms with Gasteiger partial charge in [-0.25, -0.2) is 0 Å². The lowest BCUT2D eigenvalue weighted by Gasteiger charge is -2.22. The summed E-state index contributed by atoms with van der Waals surface area (Å²) in [7, 11) is 0. The maximum Gasteiger partial charge on any atom is 0.220 e. The number of rotatable bonds is 6. The molecule has 1 atom stereocenters. The third-order valence-corrected chi connectivity index (χ3v) is 4.22. The van der Waals surface area contributed by atoms with Gasteiger partial charge in [0.25, 0.3) is 0 Å². The SMILES string of the molecule is CCN1CCC[C@@H]1CNC(=O)CCc1c(C)noc1C. The molecule has 1 aliphatic heterocycles. The van der Waals surface area contributed by atoms with Gasteiger partial charge in [-0.15, -0.1) is 0 Å². The van der Waals surface area contributed by atoms with Gasteiger partial charge in [-0.05, 0) is 46.2 Å². The van der Waals surface area contributed by atoms with E-state index in [1.807, 2.05) is 13.8 Å². The van der Waals surface area contributed by atoms with Gasteiger partial charge in [0.1, 0.15) is 5.76 Å². The first kappa shape index (κ1) is 15.0. The highest BCUT2D eigenvalue weighted by molar-refractivity contribution is 5.76. The Bertz CT molecular complexity index is 436. The summed E-state index contributed by atoms with van der Waals surface area (Å²) in [5, 5.41) is 6.97. The van der Waals surface area contributed by atoms with E-state index in [-0.39, 0.29) is 5.91 Å². The van der Waals surface area contributed by atoms with E-state index in [0.29, 0.717) is 18.9 Å². The summed E-state index contributed by atoms with van der Waals surface area (Å²) in [6, 6.07) is 0.517. The van der Waals surface area contributed by atoms with Gasteiger partial charge in [0.15, 0.2) is 0 Å². The quantitative estimate of drug-likeness (QED) is 0.863. The summed E-state index contributed by atoms with van der Waals surface area (Å²) in [4.78, 5) is 14.4. The van der Waals surface area contributed by atoms with E-state index in [1.54, 1.807) is 0 Å². The maximum atomic E-state index is 11.9. The van der Waals surface area contributed by atoms with Crippen LogP contribution in [0.25, 0.3) is 0 Å². The lowest BCUT2D eigenvalue weighted by Crippen LogP contribution is -2.40. The van der Waals surface area contributed by atoms with Gasteiger partial charge in [-0.3, -0.25) is 9.69 Å². The molecule has 1 aromatic rings. The van der Waals surface area contributed by atoms with Crippen LogP contribution < -0.4 is 5.32 Å². The van der Waals surface area contributed by atoms with E-state index < -0.39 is 0 Å². The van der Waals surface area contributed by atoms with Crippen molar-refractivity contribution in [3.8, 4) is 0 Å². The molecule has 5 heteroatoms. The molecule has 2 rings (SSSR count). The predicted molar refractivity (Wildman–Crippen MR) is 77.6 cm³/mol. The van der Waals surface area contributed by atoms with Gasteiger partial charge in [0.05, 0.1) is 5.69 Å². The molecule has 1 fully saturated rings. The molecule has 0 bridgehead atoms. The topological polar surface area (TPSA) is 58.4 Å². The number of likely N-dealkylation sites (N-methyl/N-ethyl adjacent to an activating group) is 1. The van der Waals surface area contributed by atoms with Crippen LogP contribution in [-0.2, 0) is 11.2 Å². The van der Waals surface area contributed by atoms with Crippen LogP contribution >= 0.6 is 0 Å². The minimum Gasteiger partial charge on any atom is -0.361 e. The first-order valence-electron chi connectivity index (χ1n) is 7.54. The van der Waals surface area contributed by atoms with Gasteiger partial charge < -0.3 is 9.84 Å². The minimum atomic E-state index is 0.118. The van der Waals surface area contributed by atoms with Crippen LogP contribution in [0.2, 0.25) is 0 Å². The highest BCUT2D eigenvalue weighted by Crippen LogP contribution is 2.16. The molecule has 0 aromatic carbocycles. The van der Waals surface area contributed by atoms with Crippen molar-refractivity contribution in [3.05, 3.63) is 17.0 Å². The molecule has 0 aliphatic carbocycles. The molecular weight excluding hydrogens is 254 g/mol. The van der Waals surface area contributed by atoms with Crippen LogP contribution in [0, 0.1) is 13.8 Å². The van der Waals surface area contributed by atoms with Gasteiger partial charge in [-0.1, -0.05) is 12.1 Å².